The average Bonchev–Trinajstić information content (AvgIpc) is 2.98. The summed E-state index contributed by atoms with van der Waals surface area (Å²) in [7, 11) is 0. The molecule has 1 aromatic carbocycles. The van der Waals surface area contributed by atoms with Gasteiger partial charge >= 0.3 is 0 Å². The molecule has 100 valence electrons. The number of carbonyl (C=O) groups excluding carboxylic acids is 1. The van der Waals surface area contributed by atoms with Crippen molar-refractivity contribution < 1.29 is 9.72 Å². The van der Waals surface area contributed by atoms with Gasteiger partial charge in [-0.25, -0.2) is 0 Å². The molecule has 2 aliphatic carbocycles. The van der Waals surface area contributed by atoms with Gasteiger partial charge in [0, 0.05) is 16.5 Å². The first-order chi connectivity index (χ1) is 9.04. The maximum absolute atomic E-state index is 12.1. The van der Waals surface area contributed by atoms with E-state index in [1.807, 2.05) is 0 Å². The van der Waals surface area contributed by atoms with Gasteiger partial charge in [0.15, 0.2) is 0 Å². The molecule has 0 aromatic heterocycles. The SMILES string of the molecule is O=C(Nc1ccc(Br)cc1[N+](=O)[O-])C1CC2CC2C1. The normalized spacial score (nSPS) is 27.7. The number of fused-ring (bicyclic) bond motifs is 1. The van der Waals surface area contributed by atoms with E-state index in [-0.39, 0.29) is 23.2 Å². The van der Waals surface area contributed by atoms with Crippen LogP contribution in [0.25, 0.3) is 0 Å². The van der Waals surface area contributed by atoms with Gasteiger partial charge in [-0.15, -0.1) is 0 Å². The van der Waals surface area contributed by atoms with Crippen LogP contribution in [0, 0.1) is 27.9 Å². The van der Waals surface area contributed by atoms with Crippen molar-refractivity contribution in [3.63, 3.8) is 0 Å². The maximum atomic E-state index is 12.1. The standard InChI is InChI=1S/C13H13BrN2O3/c14-10-1-2-11(12(6-10)16(18)19)15-13(17)9-4-7-3-8(7)5-9/h1-2,6-9H,3-5H2,(H,15,17). The first-order valence-corrected chi connectivity index (χ1v) is 7.08. The molecule has 1 N–H and O–H groups in total. The largest absolute Gasteiger partial charge is 0.320 e. The topological polar surface area (TPSA) is 72.2 Å². The summed E-state index contributed by atoms with van der Waals surface area (Å²) in [5, 5.41) is 13.7. The first-order valence-electron chi connectivity index (χ1n) is 6.29. The molecule has 0 radical (unpaired) electrons. The molecule has 0 spiro atoms. The maximum Gasteiger partial charge on any atom is 0.293 e. The van der Waals surface area contributed by atoms with E-state index < -0.39 is 4.92 Å². The zero-order valence-electron chi connectivity index (χ0n) is 10.1. The monoisotopic (exact) mass is 324 g/mol. The van der Waals surface area contributed by atoms with Crippen molar-refractivity contribution in [1.29, 1.82) is 0 Å². The molecule has 2 unspecified atom stereocenters. The van der Waals surface area contributed by atoms with Crippen molar-refractivity contribution >= 4 is 33.2 Å². The molecule has 0 aliphatic heterocycles. The summed E-state index contributed by atoms with van der Waals surface area (Å²) in [6.45, 7) is 0. The minimum absolute atomic E-state index is 0.0204. The van der Waals surface area contributed by atoms with Gasteiger partial charge in [0.05, 0.1) is 4.92 Å². The minimum atomic E-state index is -0.480. The van der Waals surface area contributed by atoms with Crippen LogP contribution in [0.4, 0.5) is 11.4 Å². The van der Waals surface area contributed by atoms with Crippen molar-refractivity contribution in [3.8, 4) is 0 Å². The number of amides is 1. The molecule has 2 saturated carbocycles. The molecule has 19 heavy (non-hydrogen) atoms. The third-order valence-electron chi connectivity index (χ3n) is 4.03. The predicted octanol–water partition coefficient (Wildman–Crippen LogP) is 3.34. The number of nitrogens with one attached hydrogen (secondary N) is 1. The predicted molar refractivity (Wildman–Crippen MR) is 73.7 cm³/mol. The highest BCUT2D eigenvalue weighted by Crippen LogP contribution is 2.54. The fourth-order valence-electron chi connectivity index (χ4n) is 2.93. The number of halogens is 1. The Morgan fingerprint density at radius 2 is 2.00 bits per heavy atom. The van der Waals surface area contributed by atoms with E-state index in [9.17, 15) is 14.9 Å². The molecule has 0 saturated heterocycles. The summed E-state index contributed by atoms with van der Waals surface area (Å²) in [4.78, 5) is 22.6. The summed E-state index contributed by atoms with van der Waals surface area (Å²) in [5.41, 5.74) is 0.199. The van der Waals surface area contributed by atoms with E-state index in [0.29, 0.717) is 4.47 Å². The van der Waals surface area contributed by atoms with Crippen molar-refractivity contribution in [3.05, 3.63) is 32.8 Å². The van der Waals surface area contributed by atoms with Crippen LogP contribution in [0.2, 0.25) is 0 Å². The highest BCUT2D eigenvalue weighted by atomic mass is 79.9. The lowest BCUT2D eigenvalue weighted by molar-refractivity contribution is -0.384. The third-order valence-corrected chi connectivity index (χ3v) is 4.52. The summed E-state index contributed by atoms with van der Waals surface area (Å²) in [6, 6.07) is 4.66. The second-order valence-electron chi connectivity index (χ2n) is 5.33. The number of benzene rings is 1. The zero-order valence-corrected chi connectivity index (χ0v) is 11.7. The Labute approximate surface area is 118 Å². The number of nitro benzene ring substituents is 1. The Balaban J connectivity index is 1.75. The van der Waals surface area contributed by atoms with Gasteiger partial charge in [0.25, 0.3) is 5.69 Å². The second-order valence-corrected chi connectivity index (χ2v) is 6.25. The van der Waals surface area contributed by atoms with Crippen LogP contribution in [0.15, 0.2) is 22.7 Å². The summed E-state index contributed by atoms with van der Waals surface area (Å²) in [6.07, 6.45) is 3.11. The van der Waals surface area contributed by atoms with Crippen LogP contribution < -0.4 is 5.32 Å². The summed E-state index contributed by atoms with van der Waals surface area (Å²) >= 11 is 3.19. The Morgan fingerprint density at radius 3 is 2.63 bits per heavy atom. The molecule has 6 heteroatoms. The summed E-state index contributed by atoms with van der Waals surface area (Å²) in [5.74, 6) is 1.37. The lowest BCUT2D eigenvalue weighted by atomic mass is 10.0. The number of nitrogens with zero attached hydrogens (tertiary/aromatic N) is 1. The van der Waals surface area contributed by atoms with E-state index in [4.69, 9.17) is 0 Å². The van der Waals surface area contributed by atoms with Gasteiger partial charge in [-0.2, -0.15) is 0 Å². The summed E-state index contributed by atoms with van der Waals surface area (Å²) < 4.78 is 0.624. The van der Waals surface area contributed by atoms with Crippen LogP contribution in [0.3, 0.4) is 0 Å². The Bertz CT molecular complexity index is 551. The first kappa shape index (κ1) is 12.6. The van der Waals surface area contributed by atoms with Crippen molar-refractivity contribution in [2.24, 2.45) is 17.8 Å². The lowest BCUT2D eigenvalue weighted by Gasteiger charge is -2.12. The molecule has 0 heterocycles. The number of hydrogen-bond acceptors (Lipinski definition) is 3. The van der Waals surface area contributed by atoms with Crippen LogP contribution >= 0.6 is 15.9 Å². The Kier molecular flexibility index (Phi) is 3.05. The van der Waals surface area contributed by atoms with E-state index in [1.165, 1.54) is 12.5 Å². The number of anilines is 1. The van der Waals surface area contributed by atoms with Gasteiger partial charge in [0.1, 0.15) is 5.69 Å². The van der Waals surface area contributed by atoms with Gasteiger partial charge in [-0.1, -0.05) is 15.9 Å². The lowest BCUT2D eigenvalue weighted by Crippen LogP contribution is -2.22. The van der Waals surface area contributed by atoms with Gasteiger partial charge in [-0.05, 0) is 43.2 Å². The average molecular weight is 325 g/mol. The highest BCUT2D eigenvalue weighted by Gasteiger charge is 2.48. The fraction of sp³-hybridized carbons (Fsp3) is 0.462. The zero-order chi connectivity index (χ0) is 13.6. The minimum Gasteiger partial charge on any atom is -0.320 e. The Hall–Kier alpha value is -1.43. The molecule has 5 nitrogen and oxygen atoms in total. The quantitative estimate of drug-likeness (QED) is 0.684. The number of hydrogen-bond donors (Lipinski definition) is 1. The molecule has 0 bridgehead atoms. The fourth-order valence-corrected chi connectivity index (χ4v) is 3.27. The molecule has 1 amide bonds. The molecule has 3 rings (SSSR count). The van der Waals surface area contributed by atoms with Crippen molar-refractivity contribution in [2.45, 2.75) is 19.3 Å². The number of carbonyl (C=O) groups is 1. The van der Waals surface area contributed by atoms with E-state index in [2.05, 4.69) is 21.2 Å². The second kappa shape index (κ2) is 4.59. The Morgan fingerprint density at radius 1 is 1.32 bits per heavy atom. The molecule has 2 fully saturated rings. The van der Waals surface area contributed by atoms with Gasteiger partial charge < -0.3 is 5.32 Å². The van der Waals surface area contributed by atoms with Crippen molar-refractivity contribution in [1.82, 2.24) is 0 Å². The molecular weight excluding hydrogens is 312 g/mol. The van der Waals surface area contributed by atoms with Crippen LogP contribution in [0.1, 0.15) is 19.3 Å². The van der Waals surface area contributed by atoms with Gasteiger partial charge in [-0.3, -0.25) is 14.9 Å². The molecule has 1 aromatic rings. The van der Waals surface area contributed by atoms with E-state index in [0.717, 1.165) is 24.7 Å². The number of nitro groups is 1. The molecular formula is C13H13BrN2O3. The van der Waals surface area contributed by atoms with Crippen LogP contribution in [0.5, 0.6) is 0 Å². The van der Waals surface area contributed by atoms with Crippen LogP contribution in [-0.4, -0.2) is 10.8 Å². The molecule has 2 aliphatic rings. The molecule has 2 atom stereocenters. The number of rotatable bonds is 3. The highest BCUT2D eigenvalue weighted by molar-refractivity contribution is 9.10. The van der Waals surface area contributed by atoms with E-state index in [1.54, 1.807) is 12.1 Å². The van der Waals surface area contributed by atoms with Crippen molar-refractivity contribution in [2.75, 3.05) is 5.32 Å². The van der Waals surface area contributed by atoms with E-state index >= 15 is 0 Å². The smallest absolute Gasteiger partial charge is 0.293 e. The van der Waals surface area contributed by atoms with Crippen LogP contribution in [-0.2, 0) is 4.79 Å². The van der Waals surface area contributed by atoms with Gasteiger partial charge in [0.2, 0.25) is 5.91 Å². The third kappa shape index (κ3) is 2.49.